The molecule has 0 bridgehead atoms. The summed E-state index contributed by atoms with van der Waals surface area (Å²) >= 11 is 1.67. The molecule has 1 heterocycles. The first-order valence-electron chi connectivity index (χ1n) is 4.95. The van der Waals surface area contributed by atoms with Gasteiger partial charge in [-0.25, -0.2) is 9.37 Å². The molecule has 1 aromatic heterocycles. The molecule has 2 rings (SSSR count). The zero-order valence-electron chi connectivity index (χ0n) is 8.53. The lowest BCUT2D eigenvalue weighted by molar-refractivity contribution is 0.627. The molecule has 0 amide bonds. The molecule has 0 aliphatic carbocycles. The van der Waals surface area contributed by atoms with Crippen LogP contribution < -0.4 is 0 Å². The van der Waals surface area contributed by atoms with Crippen LogP contribution in [0.2, 0.25) is 0 Å². The number of aryl methyl sites for hydroxylation is 1. The molecule has 0 spiro atoms. The number of thiazole rings is 1. The molecule has 0 aliphatic heterocycles. The molecule has 15 heavy (non-hydrogen) atoms. The average Bonchev–Trinajstić information content (AvgIpc) is 2.69. The fraction of sp³-hybridized carbons (Fsp3) is 0.250. The zero-order valence-corrected chi connectivity index (χ0v) is 9.35. The van der Waals surface area contributed by atoms with Gasteiger partial charge in [0, 0.05) is 11.8 Å². The van der Waals surface area contributed by atoms with Crippen LogP contribution in [0, 0.1) is 5.82 Å². The summed E-state index contributed by atoms with van der Waals surface area (Å²) in [5.41, 5.74) is 2.24. The Hall–Kier alpha value is -1.22. The highest BCUT2D eigenvalue weighted by atomic mass is 32.1. The van der Waals surface area contributed by atoms with Gasteiger partial charge in [-0.1, -0.05) is 19.1 Å². The van der Waals surface area contributed by atoms with E-state index >= 15 is 0 Å². The van der Waals surface area contributed by atoms with E-state index in [0.717, 1.165) is 29.1 Å². The SMILES string of the molecule is CCc1csc(Cc2ccc(F)cc2)n1. The highest BCUT2D eigenvalue weighted by molar-refractivity contribution is 7.09. The maximum atomic E-state index is 12.7. The first kappa shape index (κ1) is 10.3. The summed E-state index contributed by atoms with van der Waals surface area (Å²) in [6.07, 6.45) is 1.77. The Morgan fingerprint density at radius 3 is 2.60 bits per heavy atom. The fourth-order valence-corrected chi connectivity index (χ4v) is 2.28. The standard InChI is InChI=1S/C12H12FNS/c1-2-11-8-15-12(14-11)7-9-3-5-10(13)6-4-9/h3-6,8H,2,7H2,1H3. The molecule has 0 aliphatic rings. The number of halogens is 1. The van der Waals surface area contributed by atoms with Crippen molar-refractivity contribution < 1.29 is 4.39 Å². The molecule has 0 unspecified atom stereocenters. The Bertz CT molecular complexity index is 433. The van der Waals surface area contributed by atoms with E-state index in [2.05, 4.69) is 17.3 Å². The lowest BCUT2D eigenvalue weighted by Gasteiger charge is -1.97. The van der Waals surface area contributed by atoms with Gasteiger partial charge in [0.1, 0.15) is 5.82 Å². The molecular weight excluding hydrogens is 209 g/mol. The van der Waals surface area contributed by atoms with Crippen molar-refractivity contribution in [1.29, 1.82) is 0 Å². The molecule has 3 heteroatoms. The Balaban J connectivity index is 2.11. The summed E-state index contributed by atoms with van der Waals surface area (Å²) in [4.78, 5) is 4.47. The number of hydrogen-bond acceptors (Lipinski definition) is 2. The summed E-state index contributed by atoms with van der Waals surface area (Å²) < 4.78 is 12.7. The van der Waals surface area contributed by atoms with Crippen LogP contribution >= 0.6 is 11.3 Å². The first-order chi connectivity index (χ1) is 7.28. The van der Waals surface area contributed by atoms with E-state index in [1.807, 2.05) is 12.1 Å². The lowest BCUT2D eigenvalue weighted by atomic mass is 10.1. The fourth-order valence-electron chi connectivity index (χ4n) is 1.37. The van der Waals surface area contributed by atoms with Crippen LogP contribution in [-0.4, -0.2) is 4.98 Å². The van der Waals surface area contributed by atoms with Crippen molar-refractivity contribution in [3.63, 3.8) is 0 Å². The predicted molar refractivity (Wildman–Crippen MR) is 60.7 cm³/mol. The first-order valence-corrected chi connectivity index (χ1v) is 5.83. The predicted octanol–water partition coefficient (Wildman–Crippen LogP) is 3.44. The summed E-state index contributed by atoms with van der Waals surface area (Å²) in [5, 5.41) is 3.18. The minimum absolute atomic E-state index is 0.188. The van der Waals surface area contributed by atoms with Gasteiger partial charge in [0.2, 0.25) is 0 Å². The molecule has 0 radical (unpaired) electrons. The van der Waals surface area contributed by atoms with Gasteiger partial charge in [0.05, 0.1) is 10.7 Å². The van der Waals surface area contributed by atoms with E-state index in [1.165, 1.54) is 12.1 Å². The van der Waals surface area contributed by atoms with Crippen molar-refractivity contribution >= 4 is 11.3 Å². The van der Waals surface area contributed by atoms with E-state index in [4.69, 9.17) is 0 Å². The van der Waals surface area contributed by atoms with Gasteiger partial charge < -0.3 is 0 Å². The zero-order chi connectivity index (χ0) is 10.7. The van der Waals surface area contributed by atoms with Crippen LogP contribution in [-0.2, 0) is 12.8 Å². The number of nitrogens with zero attached hydrogens (tertiary/aromatic N) is 1. The topological polar surface area (TPSA) is 12.9 Å². The maximum absolute atomic E-state index is 12.7. The number of hydrogen-bond donors (Lipinski definition) is 0. The molecule has 2 aromatic rings. The largest absolute Gasteiger partial charge is 0.246 e. The average molecular weight is 221 g/mol. The Morgan fingerprint density at radius 2 is 2.00 bits per heavy atom. The van der Waals surface area contributed by atoms with Crippen molar-refractivity contribution in [2.45, 2.75) is 19.8 Å². The van der Waals surface area contributed by atoms with E-state index in [9.17, 15) is 4.39 Å². The number of rotatable bonds is 3. The third-order valence-electron chi connectivity index (χ3n) is 2.23. The van der Waals surface area contributed by atoms with Crippen LogP contribution in [0.3, 0.4) is 0 Å². The summed E-state index contributed by atoms with van der Waals surface area (Å²) in [6, 6.07) is 6.60. The Labute approximate surface area is 92.6 Å². The van der Waals surface area contributed by atoms with Crippen LogP contribution in [0.5, 0.6) is 0 Å². The van der Waals surface area contributed by atoms with E-state index in [1.54, 1.807) is 11.3 Å². The van der Waals surface area contributed by atoms with Gasteiger partial charge in [0.15, 0.2) is 0 Å². The maximum Gasteiger partial charge on any atom is 0.123 e. The van der Waals surface area contributed by atoms with Gasteiger partial charge in [-0.05, 0) is 24.1 Å². The molecule has 0 saturated carbocycles. The van der Waals surface area contributed by atoms with Crippen molar-refractivity contribution in [3.8, 4) is 0 Å². The summed E-state index contributed by atoms with van der Waals surface area (Å²) in [6.45, 7) is 2.09. The van der Waals surface area contributed by atoms with Gasteiger partial charge in [-0.2, -0.15) is 0 Å². The van der Waals surface area contributed by atoms with E-state index in [-0.39, 0.29) is 5.82 Å². The van der Waals surface area contributed by atoms with Crippen molar-refractivity contribution in [3.05, 3.63) is 51.7 Å². The molecule has 0 fully saturated rings. The third kappa shape index (κ3) is 2.63. The monoisotopic (exact) mass is 221 g/mol. The van der Waals surface area contributed by atoms with E-state index < -0.39 is 0 Å². The highest BCUT2D eigenvalue weighted by Crippen LogP contribution is 2.15. The van der Waals surface area contributed by atoms with Crippen LogP contribution in [0.15, 0.2) is 29.6 Å². The van der Waals surface area contributed by atoms with E-state index in [0.29, 0.717) is 0 Å². The minimum Gasteiger partial charge on any atom is -0.246 e. The summed E-state index contributed by atoms with van der Waals surface area (Å²) in [7, 11) is 0. The molecule has 0 N–H and O–H groups in total. The molecule has 1 aromatic carbocycles. The molecule has 0 saturated heterocycles. The van der Waals surface area contributed by atoms with Gasteiger partial charge in [-0.15, -0.1) is 11.3 Å². The second kappa shape index (κ2) is 4.53. The van der Waals surface area contributed by atoms with Crippen LogP contribution in [0.1, 0.15) is 23.2 Å². The Morgan fingerprint density at radius 1 is 1.27 bits per heavy atom. The van der Waals surface area contributed by atoms with Gasteiger partial charge >= 0.3 is 0 Å². The normalized spacial score (nSPS) is 10.5. The molecule has 1 nitrogen and oxygen atoms in total. The molecule has 78 valence electrons. The summed E-state index contributed by atoms with van der Waals surface area (Å²) in [5.74, 6) is -0.188. The Kier molecular flexibility index (Phi) is 3.11. The van der Waals surface area contributed by atoms with Crippen molar-refractivity contribution in [2.75, 3.05) is 0 Å². The van der Waals surface area contributed by atoms with Crippen molar-refractivity contribution in [1.82, 2.24) is 4.98 Å². The third-order valence-corrected chi connectivity index (χ3v) is 3.13. The molecule has 0 atom stereocenters. The lowest BCUT2D eigenvalue weighted by Crippen LogP contribution is -1.88. The molecular formula is C12H12FNS. The second-order valence-electron chi connectivity index (χ2n) is 3.39. The number of aromatic nitrogens is 1. The van der Waals surface area contributed by atoms with Crippen LogP contribution in [0.25, 0.3) is 0 Å². The van der Waals surface area contributed by atoms with Gasteiger partial charge in [-0.3, -0.25) is 0 Å². The van der Waals surface area contributed by atoms with Crippen LogP contribution in [0.4, 0.5) is 4.39 Å². The van der Waals surface area contributed by atoms with Gasteiger partial charge in [0.25, 0.3) is 0 Å². The minimum atomic E-state index is -0.188. The quantitative estimate of drug-likeness (QED) is 0.773. The van der Waals surface area contributed by atoms with Crippen molar-refractivity contribution in [2.24, 2.45) is 0 Å². The second-order valence-corrected chi connectivity index (χ2v) is 4.33. The highest BCUT2D eigenvalue weighted by Gasteiger charge is 2.02. The smallest absolute Gasteiger partial charge is 0.123 e. The number of benzene rings is 1.